The number of halogens is 3. The Kier molecular flexibility index (Phi) is 13.2. The Morgan fingerprint density at radius 1 is 0.914 bits per heavy atom. The number of imide groups is 1. The number of amides is 3. The van der Waals surface area contributed by atoms with E-state index in [9.17, 15) is 32.0 Å². The van der Waals surface area contributed by atoms with Gasteiger partial charge in [0.1, 0.15) is 29.4 Å². The highest BCUT2D eigenvalue weighted by Crippen LogP contribution is 2.34. The maximum absolute atomic E-state index is 15.8. The van der Waals surface area contributed by atoms with Crippen LogP contribution in [0.15, 0.2) is 73.1 Å². The van der Waals surface area contributed by atoms with Gasteiger partial charge in [-0.15, -0.1) is 0 Å². The van der Waals surface area contributed by atoms with E-state index in [-0.39, 0.29) is 49.4 Å². The summed E-state index contributed by atoms with van der Waals surface area (Å²) in [7, 11) is -2.16. The van der Waals surface area contributed by atoms with Gasteiger partial charge < -0.3 is 24.4 Å². The second kappa shape index (κ2) is 19.4. The number of aromatic amines is 1. The Balaban J connectivity index is 0.687. The third kappa shape index (κ3) is 9.61. The number of nitrogens with zero attached hydrogens (tertiary/aromatic N) is 6. The SMILES string of the molecule is CN(CCN1CCN(c2ccc3c(c2)CN(C2CCC(=O)NC2=O)C3=O)CC1)C1CCC(Oc2ccc(-c3cnc4[nH]cc(C(=O)c5c(F)ccc(NS(=O)(=O)N6CC[C@@H](F)C6)c5F)c4c3)cc2)CC1. The molecular formula is C50H54F3N9O7S. The number of ether oxygens (including phenoxy) is 1. The topological polar surface area (TPSA) is 181 Å². The molecule has 4 fully saturated rings. The largest absolute Gasteiger partial charge is 0.490 e. The molecule has 70 heavy (non-hydrogen) atoms. The van der Waals surface area contributed by atoms with Crippen molar-refractivity contribution in [2.45, 2.75) is 75.8 Å². The molecule has 4 aliphatic heterocycles. The number of ketones is 1. The number of benzene rings is 3. The summed E-state index contributed by atoms with van der Waals surface area (Å²) < 4.78 is 79.5. The Morgan fingerprint density at radius 2 is 1.69 bits per heavy atom. The summed E-state index contributed by atoms with van der Waals surface area (Å²) in [4.78, 5) is 67.3. The predicted molar refractivity (Wildman–Crippen MR) is 255 cm³/mol. The van der Waals surface area contributed by atoms with Crippen LogP contribution >= 0.6 is 0 Å². The van der Waals surface area contributed by atoms with E-state index >= 15 is 8.78 Å². The van der Waals surface area contributed by atoms with Crippen LogP contribution in [0.3, 0.4) is 0 Å². The first-order chi connectivity index (χ1) is 33.7. The number of aromatic nitrogens is 2. The van der Waals surface area contributed by atoms with E-state index in [4.69, 9.17) is 4.74 Å². The van der Waals surface area contributed by atoms with Gasteiger partial charge in [-0.2, -0.15) is 12.7 Å². The van der Waals surface area contributed by atoms with E-state index in [1.54, 1.807) is 17.2 Å². The van der Waals surface area contributed by atoms with Gasteiger partial charge in [-0.05, 0) is 105 Å². The summed E-state index contributed by atoms with van der Waals surface area (Å²) in [6.07, 6.45) is 6.11. The molecule has 5 aliphatic rings. The van der Waals surface area contributed by atoms with Gasteiger partial charge in [0.2, 0.25) is 17.6 Å². The van der Waals surface area contributed by atoms with Gasteiger partial charge in [0, 0.05) is 112 Å². The number of alkyl halides is 1. The zero-order valence-corrected chi connectivity index (χ0v) is 39.5. The molecule has 1 unspecified atom stereocenters. The maximum atomic E-state index is 15.8. The number of H-pyrrole nitrogens is 1. The number of piperidine rings is 1. The van der Waals surface area contributed by atoms with Crippen LogP contribution < -0.4 is 19.7 Å². The second-order valence-electron chi connectivity index (χ2n) is 18.9. The first kappa shape index (κ1) is 47.3. The molecule has 368 valence electrons. The molecule has 5 aromatic rings. The van der Waals surface area contributed by atoms with Gasteiger partial charge in [-0.25, -0.2) is 18.2 Å². The van der Waals surface area contributed by atoms with Crippen molar-refractivity contribution in [3.8, 4) is 16.9 Å². The van der Waals surface area contributed by atoms with E-state index in [0.29, 0.717) is 41.2 Å². The van der Waals surface area contributed by atoms with E-state index < -0.39 is 57.0 Å². The van der Waals surface area contributed by atoms with Crippen LogP contribution in [-0.4, -0.2) is 145 Å². The van der Waals surface area contributed by atoms with Crippen LogP contribution in [0.1, 0.15) is 76.8 Å². The Bertz CT molecular complexity index is 2960. The lowest BCUT2D eigenvalue weighted by Crippen LogP contribution is -2.52. The average molecular weight is 982 g/mol. The molecule has 3 saturated heterocycles. The number of anilines is 2. The van der Waals surface area contributed by atoms with Crippen LogP contribution in [0.5, 0.6) is 5.75 Å². The smallest absolute Gasteiger partial charge is 0.301 e. The number of hydrogen-bond acceptors (Lipinski definition) is 11. The minimum Gasteiger partial charge on any atom is -0.490 e. The molecule has 6 heterocycles. The number of piperazine rings is 1. The van der Waals surface area contributed by atoms with Gasteiger partial charge in [-0.1, -0.05) is 12.1 Å². The summed E-state index contributed by atoms with van der Waals surface area (Å²) in [6.45, 7) is 5.42. The van der Waals surface area contributed by atoms with Crippen molar-refractivity contribution in [2.75, 3.05) is 69.0 Å². The monoisotopic (exact) mass is 981 g/mol. The second-order valence-corrected chi connectivity index (χ2v) is 20.6. The molecular weight excluding hydrogens is 928 g/mol. The fourth-order valence-electron chi connectivity index (χ4n) is 10.4. The van der Waals surface area contributed by atoms with E-state index in [1.807, 2.05) is 41.1 Å². The zero-order chi connectivity index (χ0) is 48.8. The lowest BCUT2D eigenvalue weighted by molar-refractivity contribution is -0.136. The van der Waals surface area contributed by atoms with Crippen molar-refractivity contribution in [3.63, 3.8) is 0 Å². The van der Waals surface area contributed by atoms with Gasteiger partial charge in [0.25, 0.3) is 5.91 Å². The number of hydrogen-bond donors (Lipinski definition) is 3. The summed E-state index contributed by atoms with van der Waals surface area (Å²) in [5.74, 6) is -3.71. The lowest BCUT2D eigenvalue weighted by atomic mass is 9.92. The number of likely N-dealkylation sites (N-methyl/N-ethyl adjacent to an activating group) is 1. The van der Waals surface area contributed by atoms with Crippen LogP contribution in [0.4, 0.5) is 24.5 Å². The molecule has 10 rings (SSSR count). The average Bonchev–Trinajstić information content (AvgIpc) is 4.09. The minimum atomic E-state index is -4.36. The molecule has 0 radical (unpaired) electrons. The van der Waals surface area contributed by atoms with Crippen molar-refractivity contribution in [3.05, 3.63) is 107 Å². The normalized spacial score (nSPS) is 22.5. The molecule has 20 heteroatoms. The number of carbonyl (C=O) groups is 4. The summed E-state index contributed by atoms with van der Waals surface area (Å²) in [6, 6.07) is 16.7. The van der Waals surface area contributed by atoms with Gasteiger partial charge >= 0.3 is 10.2 Å². The molecule has 3 amide bonds. The van der Waals surface area contributed by atoms with Crippen molar-refractivity contribution < 1.29 is 45.5 Å². The highest BCUT2D eigenvalue weighted by atomic mass is 32.2. The first-order valence-corrected chi connectivity index (χ1v) is 25.3. The van der Waals surface area contributed by atoms with Crippen LogP contribution in [0.2, 0.25) is 0 Å². The fourth-order valence-corrected chi connectivity index (χ4v) is 11.7. The Hall–Kier alpha value is -6.35. The number of carbonyl (C=O) groups excluding carboxylic acids is 4. The fraction of sp³-hybridized carbons (Fsp3) is 0.420. The molecule has 1 aliphatic carbocycles. The molecule has 1 saturated carbocycles. The highest BCUT2D eigenvalue weighted by molar-refractivity contribution is 7.90. The predicted octanol–water partition coefficient (Wildman–Crippen LogP) is 5.64. The maximum Gasteiger partial charge on any atom is 0.301 e. The van der Waals surface area contributed by atoms with E-state index in [1.165, 1.54) is 6.20 Å². The summed E-state index contributed by atoms with van der Waals surface area (Å²) in [5, 5.41) is 2.68. The number of pyridine rings is 1. The molecule has 0 spiro atoms. The van der Waals surface area contributed by atoms with Crippen LogP contribution in [0.25, 0.3) is 22.2 Å². The summed E-state index contributed by atoms with van der Waals surface area (Å²) >= 11 is 0. The molecule has 3 aromatic carbocycles. The lowest BCUT2D eigenvalue weighted by Gasteiger charge is -2.39. The Labute approximate surface area is 403 Å². The molecule has 16 nitrogen and oxygen atoms in total. The highest BCUT2D eigenvalue weighted by Gasteiger charge is 2.40. The molecule has 2 aromatic heterocycles. The van der Waals surface area contributed by atoms with Crippen molar-refractivity contribution in [1.82, 2.24) is 34.3 Å². The number of nitrogens with one attached hydrogen (secondary N) is 3. The number of fused-ring (bicyclic) bond motifs is 2. The van der Waals surface area contributed by atoms with Crippen molar-refractivity contribution in [2.24, 2.45) is 0 Å². The van der Waals surface area contributed by atoms with Crippen LogP contribution in [-0.2, 0) is 26.3 Å². The standard InChI is InChI=1S/C50H54F3N9O7S/c1-58(18-19-59-20-22-60(23-21-59)35-6-11-38-32(24-35)28-62(50(38)66)43-14-15-44(63)56-49(43)65)34-4-9-37(10-5-34)69-36-7-2-30(3-8-36)31-25-39-40(27-55-48(39)54-26-31)47(64)45-41(52)12-13-42(46(45)53)57-70(67,68)61-17-16-33(51)29-61/h2-3,6-8,11-13,24-27,33-34,37,43,57H,4-5,9-10,14-23,28-29H2,1H3,(H,54,55)(H,56,63,65)/t33-,34?,37?,43?/m1/s1. The third-order valence-corrected chi connectivity index (χ3v) is 16.0. The van der Waals surface area contributed by atoms with Gasteiger partial charge in [0.05, 0.1) is 17.4 Å². The first-order valence-electron chi connectivity index (χ1n) is 23.8. The van der Waals surface area contributed by atoms with Crippen molar-refractivity contribution >= 4 is 56.1 Å². The molecule has 2 atom stereocenters. The van der Waals surface area contributed by atoms with Gasteiger partial charge in [-0.3, -0.25) is 34.1 Å². The Morgan fingerprint density at radius 3 is 2.41 bits per heavy atom. The van der Waals surface area contributed by atoms with E-state index in [0.717, 1.165) is 104 Å². The van der Waals surface area contributed by atoms with Gasteiger partial charge in [0.15, 0.2) is 5.82 Å². The minimum absolute atomic E-state index is 0.000994. The van der Waals surface area contributed by atoms with Crippen molar-refractivity contribution in [1.29, 1.82) is 0 Å². The number of rotatable bonds is 14. The van der Waals surface area contributed by atoms with E-state index in [2.05, 4.69) is 43.1 Å². The van der Waals surface area contributed by atoms with Crippen LogP contribution in [0, 0.1) is 11.6 Å². The zero-order valence-electron chi connectivity index (χ0n) is 38.6. The summed E-state index contributed by atoms with van der Waals surface area (Å²) in [5.41, 5.74) is 2.72. The molecule has 0 bridgehead atoms. The third-order valence-electron chi connectivity index (χ3n) is 14.5. The molecule has 3 N–H and O–H groups in total. The quantitative estimate of drug-likeness (QED) is 0.0926.